The molecule has 0 spiro atoms. The van der Waals surface area contributed by atoms with E-state index in [0.717, 1.165) is 101 Å². The zero-order valence-corrected chi connectivity index (χ0v) is 53.8. The lowest BCUT2D eigenvalue weighted by molar-refractivity contribution is -0.138. The summed E-state index contributed by atoms with van der Waals surface area (Å²) in [6.45, 7) is -16.3. The van der Waals surface area contributed by atoms with E-state index in [0.29, 0.717) is 22.7 Å². The van der Waals surface area contributed by atoms with Gasteiger partial charge in [-0.05, 0) is 170 Å². The number of nitrogens with zero attached hydrogens (tertiary/aromatic N) is 8. The third kappa shape index (κ3) is 19.0. The van der Waals surface area contributed by atoms with Gasteiger partial charge in [0.15, 0.2) is 10.3 Å². The van der Waals surface area contributed by atoms with Crippen LogP contribution in [0.4, 0.5) is 35.1 Å². The molecule has 10 rings (SSSR count). The minimum absolute atomic E-state index is 0.0714. The molecule has 22 heteroatoms. The van der Waals surface area contributed by atoms with Gasteiger partial charge < -0.3 is 28.7 Å². The van der Waals surface area contributed by atoms with Crippen LogP contribution >= 0.6 is 23.5 Å². The number of benzene rings is 6. The molecule has 2 aliphatic rings. The van der Waals surface area contributed by atoms with E-state index in [-0.39, 0.29) is 94.1 Å². The Hall–Kier alpha value is -7.92. The van der Waals surface area contributed by atoms with Gasteiger partial charge in [0.05, 0.1) is 31.7 Å². The van der Waals surface area contributed by atoms with Gasteiger partial charge in [0, 0.05) is 90.7 Å². The third-order valence-corrected chi connectivity index (χ3v) is 16.1. The molecule has 0 fully saturated rings. The van der Waals surface area contributed by atoms with Crippen LogP contribution in [0, 0.1) is 24.5 Å². The smallest absolute Gasteiger partial charge is 0.336 e. The van der Waals surface area contributed by atoms with Gasteiger partial charge in [0.2, 0.25) is 11.8 Å². The van der Waals surface area contributed by atoms with Gasteiger partial charge in [0.1, 0.15) is 24.7 Å². The molecule has 0 saturated carbocycles. The summed E-state index contributed by atoms with van der Waals surface area (Å²) in [5, 5.41) is -1.23. The van der Waals surface area contributed by atoms with Gasteiger partial charge >= 0.3 is 12.4 Å². The summed E-state index contributed by atoms with van der Waals surface area (Å²) in [6.07, 6.45) is -15.6. The molecule has 2 aliphatic carbocycles. The zero-order chi connectivity index (χ0) is 93.8. The molecule has 96 heavy (non-hydrogen) atoms. The van der Waals surface area contributed by atoms with Crippen LogP contribution in [0.1, 0.15) is 141 Å². The lowest BCUT2D eigenvalue weighted by Gasteiger charge is -2.28. The highest BCUT2D eigenvalue weighted by atomic mass is 32.2. The second-order valence-electron chi connectivity index (χ2n) is 21.0. The van der Waals surface area contributed by atoms with Crippen LogP contribution in [0.3, 0.4) is 0 Å². The monoisotopic (exact) mass is 1390 g/mol. The molecule has 0 radical (unpaired) electrons. The molecular weight excluding hydrogens is 1280 g/mol. The minimum atomic E-state index is -5.35. The van der Waals surface area contributed by atoms with Crippen molar-refractivity contribution in [1.29, 1.82) is 0 Å². The summed E-state index contributed by atoms with van der Waals surface area (Å²) < 4.78 is 359. The molecular formula is C74H80F8N8O4S2. The lowest BCUT2D eigenvalue weighted by atomic mass is 9.98. The van der Waals surface area contributed by atoms with Gasteiger partial charge in [-0.15, -0.1) is 0 Å². The van der Waals surface area contributed by atoms with Crippen molar-refractivity contribution in [3.8, 4) is 22.3 Å². The number of alkyl halides is 6. The molecule has 6 aromatic carbocycles. The van der Waals surface area contributed by atoms with E-state index < -0.39 is 232 Å². The molecule has 0 aliphatic heterocycles. The first-order valence-corrected chi connectivity index (χ1v) is 31.3. The SMILES string of the molecule is [2H]C([2H])(Sc1nc(=O)c2c(n1CC(=O)N(C([2H])([2H])c1ccc(-c3ccc(C(F)(F)F)cc3)cc1)C([2H])([2H])C([2H])([2H])N(CC)CC)C([2H])([2H])C([2H])(C)C2([2H])[2H])c1ccc(F)cc1.[2H]c1c([2H])c(C(F)(F)F)c([2H])c([2H])c1-c1c([2H])c([2H])c(C([2H])([2H])N(C(=O)Cn2c(SC([2H])([2H])c3ccc(F)cc3)nc(=O)c3c2CCC3)C([2H])([2H])C([2H])([2H])N(CC)CC)c(C)c1[2H]. The topological polar surface area (TPSA) is 117 Å². The number of likely N-dealkylation sites (N-methyl/N-ethyl adjacent to an activating group) is 2. The Kier molecular flexibility index (Phi) is 14.9. The van der Waals surface area contributed by atoms with Crippen molar-refractivity contribution in [3.05, 3.63) is 233 Å². The van der Waals surface area contributed by atoms with Gasteiger partial charge in [-0.3, -0.25) is 19.2 Å². The fourth-order valence-electron chi connectivity index (χ4n) is 9.34. The second kappa shape index (κ2) is 32.9. The highest BCUT2D eigenvalue weighted by molar-refractivity contribution is 7.98. The van der Waals surface area contributed by atoms with Crippen molar-refractivity contribution in [2.24, 2.45) is 5.89 Å². The Morgan fingerprint density at radius 2 is 1.03 bits per heavy atom. The minimum Gasteiger partial charge on any atom is -0.336 e. The summed E-state index contributed by atoms with van der Waals surface area (Å²) >= 11 is 0.438. The van der Waals surface area contributed by atoms with Crippen molar-refractivity contribution in [3.63, 3.8) is 0 Å². The normalized spacial score (nSPS) is 20.9. The van der Waals surface area contributed by atoms with Crippen molar-refractivity contribution in [1.82, 2.24) is 38.7 Å². The summed E-state index contributed by atoms with van der Waals surface area (Å²) in [6, 6.07) is 7.79. The van der Waals surface area contributed by atoms with Gasteiger partial charge in [-0.1, -0.05) is 149 Å². The number of halogens is 8. The average molecular weight is 1390 g/mol. The van der Waals surface area contributed by atoms with Crippen LogP contribution in [0.5, 0.6) is 0 Å². The van der Waals surface area contributed by atoms with Crippen LogP contribution < -0.4 is 11.1 Å². The summed E-state index contributed by atoms with van der Waals surface area (Å²) in [5.74, 6) is -7.40. The first-order chi connectivity index (χ1) is 56.7. The average Bonchev–Trinajstić information content (AvgIpc) is 1.51. The Labute approximate surface area is 603 Å². The molecule has 2 aromatic heterocycles. The largest absolute Gasteiger partial charge is 0.416 e. The third-order valence-electron chi connectivity index (χ3n) is 14.5. The number of hydrogen-bond donors (Lipinski definition) is 0. The van der Waals surface area contributed by atoms with Gasteiger partial charge in [-0.25, -0.2) is 8.78 Å². The number of carbonyl (C=O) groups excluding carboxylic acids is 2. The molecule has 12 nitrogen and oxygen atoms in total. The van der Waals surface area contributed by atoms with Crippen LogP contribution in [-0.4, -0.2) is 103 Å². The second-order valence-corrected chi connectivity index (χ2v) is 22.5. The van der Waals surface area contributed by atoms with E-state index in [1.807, 2.05) is 0 Å². The summed E-state index contributed by atoms with van der Waals surface area (Å²) in [4.78, 5) is 66.2. The summed E-state index contributed by atoms with van der Waals surface area (Å²) in [7, 11) is 0. The van der Waals surface area contributed by atoms with Crippen molar-refractivity contribution in [2.45, 2.75) is 134 Å². The predicted molar refractivity (Wildman–Crippen MR) is 362 cm³/mol. The Balaban J connectivity index is 0.000000281. The number of rotatable bonds is 26. The van der Waals surface area contributed by atoms with E-state index in [2.05, 4.69) is 9.97 Å². The van der Waals surface area contributed by atoms with Crippen molar-refractivity contribution >= 4 is 35.3 Å². The number of amides is 2. The number of fused-ring (bicyclic) bond motifs is 2. The molecule has 1 atom stereocenters. The van der Waals surface area contributed by atoms with Gasteiger partial charge in [0.25, 0.3) is 11.1 Å². The van der Waals surface area contributed by atoms with Crippen LogP contribution in [-0.2, 0) is 85.0 Å². The first-order valence-electron chi connectivity index (χ1n) is 43.6. The maximum absolute atomic E-state index is 14.9. The number of hydrogen-bond acceptors (Lipinski definition) is 10. The van der Waals surface area contributed by atoms with Crippen LogP contribution in [0.2, 0.25) is 0 Å². The Morgan fingerprint density at radius 3 is 1.53 bits per heavy atom. The van der Waals surface area contributed by atoms with Crippen LogP contribution in [0.25, 0.3) is 22.3 Å². The Morgan fingerprint density at radius 1 is 0.573 bits per heavy atom. The number of aromatic nitrogens is 4. The predicted octanol–water partition coefficient (Wildman–Crippen LogP) is 15.0. The van der Waals surface area contributed by atoms with E-state index in [4.69, 9.17) is 27.4 Å². The molecule has 0 saturated heterocycles. The molecule has 2 heterocycles. The molecule has 0 N–H and O–H groups in total. The highest BCUT2D eigenvalue weighted by Crippen LogP contribution is 2.35. The fourth-order valence-corrected chi connectivity index (χ4v) is 10.8. The van der Waals surface area contributed by atoms with E-state index in [1.165, 1.54) is 52.0 Å². The van der Waals surface area contributed by atoms with Crippen LogP contribution in [0.15, 0.2) is 159 Å². The maximum Gasteiger partial charge on any atom is 0.416 e. The standard InChI is InChI=1S/2C37H40F4N4O2S/c1-4-43(5-2)18-19-44(22-26-6-10-28(11-7-26)29-12-14-30(15-13-29)37(39,40)41)34(46)23-45-33-21-25(3)20-32(33)35(47)42-36(45)48-24-27-8-16-31(38)17-9-27;1-4-43(5-2)19-20-44(22-29-12-11-28(21-25(29)3)27-13-15-30(16-14-27)37(39,40)41)34(46)23-45-33-8-6-7-32(33)35(47)42-36(45)48-24-26-9-17-31(38)18-10-26/h6-17,25H,4-5,18-24H2,1-3H3;9-18,21H,4-8,19-20,22-24H2,1-3H3/i18D2,19D2,20D2,21D2,22D2,24D2,25D;11D,12D,13D,14D,15D,16D,19D2,20D2,21D,22D2,24D2. The van der Waals surface area contributed by atoms with Crippen molar-refractivity contribution in [2.75, 3.05) is 52.2 Å². The van der Waals surface area contributed by atoms with E-state index >= 15 is 0 Å². The fraction of sp³-hybridized carbons (Fsp3) is 0.378. The number of carbonyl (C=O) groups is 2. The molecule has 8 aromatic rings. The maximum atomic E-state index is 14.9. The number of thioether (sulfide) groups is 2. The molecule has 2 amide bonds. The van der Waals surface area contributed by atoms with Crippen molar-refractivity contribution < 1.29 is 83.1 Å². The quantitative estimate of drug-likeness (QED) is 0.0295. The molecule has 1 unspecified atom stereocenters. The molecule has 0 bridgehead atoms. The summed E-state index contributed by atoms with van der Waals surface area (Å²) in [5.41, 5.74) is -15.6. The van der Waals surface area contributed by atoms with E-state index in [1.54, 1.807) is 0 Å². The Bertz CT molecular complexity index is 5490. The highest BCUT2D eigenvalue weighted by Gasteiger charge is 2.33. The zero-order valence-electron chi connectivity index (χ0n) is 80.2. The molecule has 508 valence electrons. The first kappa shape index (κ1) is 43.4. The lowest BCUT2D eigenvalue weighted by Crippen LogP contribution is -2.40. The van der Waals surface area contributed by atoms with Gasteiger partial charge in [-0.2, -0.15) is 36.3 Å². The van der Waals surface area contributed by atoms with E-state index in [9.17, 15) is 65.3 Å².